The summed E-state index contributed by atoms with van der Waals surface area (Å²) in [5.74, 6) is -0.764. The lowest BCUT2D eigenvalue weighted by Gasteiger charge is -2.15. The fraction of sp³-hybridized carbons (Fsp3) is 0.385. The van der Waals surface area contributed by atoms with Crippen LogP contribution in [0.4, 0.5) is 8.78 Å². The van der Waals surface area contributed by atoms with Gasteiger partial charge in [0.05, 0.1) is 0 Å². The first-order chi connectivity index (χ1) is 9.09. The molecule has 1 atom stereocenters. The lowest BCUT2D eigenvalue weighted by molar-refractivity contribution is 0.472. The first-order valence-electron chi connectivity index (χ1n) is 6.09. The average molecular weight is 266 g/mol. The van der Waals surface area contributed by atoms with Crippen LogP contribution >= 0.6 is 0 Å². The number of nitrogens with zero attached hydrogens (tertiary/aromatic N) is 3. The van der Waals surface area contributed by atoms with Crippen molar-refractivity contribution in [3.05, 3.63) is 47.5 Å². The molecule has 0 saturated heterocycles. The summed E-state index contributed by atoms with van der Waals surface area (Å²) < 4.78 is 28.5. The summed E-state index contributed by atoms with van der Waals surface area (Å²) >= 11 is 0. The molecule has 0 saturated carbocycles. The van der Waals surface area contributed by atoms with Crippen molar-refractivity contribution in [3.8, 4) is 0 Å². The summed E-state index contributed by atoms with van der Waals surface area (Å²) in [5, 5.41) is 10.9. The smallest absolute Gasteiger partial charge is 0.163 e. The summed E-state index contributed by atoms with van der Waals surface area (Å²) in [5.41, 5.74) is 0.331. The highest BCUT2D eigenvalue weighted by Crippen LogP contribution is 2.18. The van der Waals surface area contributed by atoms with Gasteiger partial charge in [-0.3, -0.25) is 0 Å². The minimum atomic E-state index is -0.820. The number of nitrogens with one attached hydrogen (secondary N) is 1. The molecule has 102 valence electrons. The molecule has 19 heavy (non-hydrogen) atoms. The number of hydrogen-bond acceptors (Lipinski definition) is 3. The van der Waals surface area contributed by atoms with Crippen LogP contribution in [0.1, 0.15) is 24.4 Å². The molecule has 1 N–H and O–H groups in total. The molecule has 0 amide bonds. The Morgan fingerprint density at radius 2 is 2.16 bits per heavy atom. The van der Waals surface area contributed by atoms with Gasteiger partial charge in [-0.15, -0.1) is 10.2 Å². The van der Waals surface area contributed by atoms with E-state index in [0.29, 0.717) is 18.5 Å². The quantitative estimate of drug-likeness (QED) is 0.900. The van der Waals surface area contributed by atoms with E-state index in [-0.39, 0.29) is 6.04 Å². The van der Waals surface area contributed by atoms with E-state index in [2.05, 4.69) is 15.5 Å². The molecule has 0 spiro atoms. The molecular formula is C13H16F2N4. The van der Waals surface area contributed by atoms with Crippen molar-refractivity contribution in [2.24, 2.45) is 7.05 Å². The highest BCUT2D eigenvalue weighted by Gasteiger charge is 2.13. The van der Waals surface area contributed by atoms with Gasteiger partial charge in [0.25, 0.3) is 0 Å². The van der Waals surface area contributed by atoms with Gasteiger partial charge in [-0.1, -0.05) is 12.1 Å². The van der Waals surface area contributed by atoms with Gasteiger partial charge in [0.2, 0.25) is 0 Å². The highest BCUT2D eigenvalue weighted by atomic mass is 19.2. The van der Waals surface area contributed by atoms with Crippen molar-refractivity contribution in [1.29, 1.82) is 0 Å². The van der Waals surface area contributed by atoms with Crippen molar-refractivity contribution in [3.63, 3.8) is 0 Å². The molecule has 0 radical (unpaired) electrons. The van der Waals surface area contributed by atoms with Crippen LogP contribution in [0.3, 0.4) is 0 Å². The molecule has 4 nitrogen and oxygen atoms in total. The summed E-state index contributed by atoms with van der Waals surface area (Å²) in [6.45, 7) is 2.41. The van der Waals surface area contributed by atoms with Gasteiger partial charge < -0.3 is 9.88 Å². The minimum absolute atomic E-state index is 0.260. The monoisotopic (exact) mass is 266 g/mol. The van der Waals surface area contributed by atoms with Crippen molar-refractivity contribution >= 4 is 0 Å². The number of rotatable bonds is 5. The summed E-state index contributed by atoms with van der Waals surface area (Å²) in [7, 11) is 1.87. The van der Waals surface area contributed by atoms with E-state index in [4.69, 9.17) is 0 Å². The predicted octanol–water partition coefficient (Wildman–Crippen LogP) is 1.99. The molecule has 6 heteroatoms. The van der Waals surface area contributed by atoms with E-state index in [1.54, 1.807) is 19.3 Å². The second kappa shape index (κ2) is 5.88. The van der Waals surface area contributed by atoms with E-state index in [1.807, 2.05) is 11.6 Å². The Hall–Kier alpha value is -1.82. The second-order valence-corrected chi connectivity index (χ2v) is 4.43. The lowest BCUT2D eigenvalue weighted by atomic mass is 10.1. The highest BCUT2D eigenvalue weighted by molar-refractivity contribution is 5.21. The molecule has 2 rings (SSSR count). The maximum atomic E-state index is 13.6. The van der Waals surface area contributed by atoms with Crippen LogP contribution in [0, 0.1) is 11.6 Å². The maximum Gasteiger partial charge on any atom is 0.163 e. The first-order valence-corrected chi connectivity index (χ1v) is 6.09. The fourth-order valence-electron chi connectivity index (χ4n) is 1.90. The van der Waals surface area contributed by atoms with E-state index >= 15 is 0 Å². The molecule has 0 fully saturated rings. The van der Waals surface area contributed by atoms with Crippen molar-refractivity contribution in [2.45, 2.75) is 19.4 Å². The maximum absolute atomic E-state index is 13.6. The summed E-state index contributed by atoms with van der Waals surface area (Å²) in [4.78, 5) is 0. The number of aryl methyl sites for hydroxylation is 1. The van der Waals surface area contributed by atoms with Crippen LogP contribution in [0.2, 0.25) is 0 Å². The first kappa shape index (κ1) is 13.6. The van der Waals surface area contributed by atoms with Crippen molar-refractivity contribution in [2.75, 3.05) is 6.54 Å². The van der Waals surface area contributed by atoms with Gasteiger partial charge in [-0.2, -0.15) is 0 Å². The third-order valence-electron chi connectivity index (χ3n) is 3.05. The van der Waals surface area contributed by atoms with Crippen LogP contribution < -0.4 is 5.32 Å². The van der Waals surface area contributed by atoms with Gasteiger partial charge in [0.1, 0.15) is 12.2 Å². The standard InChI is InChI=1S/C13H16F2N4/c1-9(10-4-3-5-11(14)13(10)15)16-7-6-12-18-17-8-19(12)2/h3-5,8-9,16H,6-7H2,1-2H3. The van der Waals surface area contributed by atoms with Crippen molar-refractivity contribution in [1.82, 2.24) is 20.1 Å². The second-order valence-electron chi connectivity index (χ2n) is 4.43. The molecular weight excluding hydrogens is 250 g/mol. The minimum Gasteiger partial charge on any atom is -0.321 e. The van der Waals surface area contributed by atoms with E-state index in [0.717, 1.165) is 11.9 Å². The van der Waals surface area contributed by atoms with E-state index in [1.165, 1.54) is 6.07 Å². The van der Waals surface area contributed by atoms with Crippen LogP contribution in [0.5, 0.6) is 0 Å². The lowest BCUT2D eigenvalue weighted by Crippen LogP contribution is -2.23. The molecule has 0 aliphatic rings. The number of benzene rings is 1. The van der Waals surface area contributed by atoms with Crippen LogP contribution in [-0.4, -0.2) is 21.3 Å². The molecule has 1 unspecified atom stereocenters. The zero-order valence-corrected chi connectivity index (χ0v) is 10.9. The predicted molar refractivity (Wildman–Crippen MR) is 67.5 cm³/mol. The molecule has 0 bridgehead atoms. The van der Waals surface area contributed by atoms with E-state index in [9.17, 15) is 8.78 Å². The fourth-order valence-corrected chi connectivity index (χ4v) is 1.90. The van der Waals surface area contributed by atoms with Gasteiger partial charge >= 0.3 is 0 Å². The normalized spacial score (nSPS) is 12.6. The third-order valence-corrected chi connectivity index (χ3v) is 3.05. The van der Waals surface area contributed by atoms with Gasteiger partial charge in [0.15, 0.2) is 11.6 Å². The third kappa shape index (κ3) is 3.14. The van der Waals surface area contributed by atoms with E-state index < -0.39 is 11.6 Å². The Bertz CT molecular complexity index is 553. The molecule has 2 aromatic rings. The van der Waals surface area contributed by atoms with Gasteiger partial charge in [-0.05, 0) is 13.0 Å². The van der Waals surface area contributed by atoms with Crippen LogP contribution in [0.25, 0.3) is 0 Å². The van der Waals surface area contributed by atoms with Gasteiger partial charge in [0, 0.05) is 31.6 Å². The van der Waals surface area contributed by atoms with Crippen molar-refractivity contribution < 1.29 is 8.78 Å². The topological polar surface area (TPSA) is 42.7 Å². The Balaban J connectivity index is 1.93. The average Bonchev–Trinajstić information content (AvgIpc) is 2.78. The molecule has 1 aromatic heterocycles. The largest absolute Gasteiger partial charge is 0.321 e. The number of halogens is 2. The molecule has 0 aliphatic heterocycles. The van der Waals surface area contributed by atoms with Crippen LogP contribution in [0.15, 0.2) is 24.5 Å². The molecule has 0 aliphatic carbocycles. The summed E-state index contributed by atoms with van der Waals surface area (Å²) in [6, 6.07) is 3.95. The Labute approximate surface area is 110 Å². The number of hydrogen-bond donors (Lipinski definition) is 1. The van der Waals surface area contributed by atoms with Crippen LogP contribution in [-0.2, 0) is 13.5 Å². The SMILES string of the molecule is CC(NCCc1nncn1C)c1cccc(F)c1F. The molecule has 1 aromatic carbocycles. The Morgan fingerprint density at radius 1 is 1.37 bits per heavy atom. The molecule has 1 heterocycles. The Kier molecular flexibility index (Phi) is 4.21. The summed E-state index contributed by atoms with van der Waals surface area (Å²) in [6.07, 6.45) is 2.31. The Morgan fingerprint density at radius 3 is 2.84 bits per heavy atom. The zero-order valence-electron chi connectivity index (χ0n) is 10.9. The number of aromatic nitrogens is 3. The zero-order chi connectivity index (χ0) is 13.8. The van der Waals surface area contributed by atoms with Gasteiger partial charge in [-0.25, -0.2) is 8.78 Å².